The predicted molar refractivity (Wildman–Crippen MR) is 83.7 cm³/mol. The summed E-state index contributed by atoms with van der Waals surface area (Å²) < 4.78 is 6.93. The first-order valence-electron chi connectivity index (χ1n) is 6.66. The monoisotopic (exact) mass is 300 g/mol. The van der Waals surface area contributed by atoms with Crippen LogP contribution >= 0.6 is 11.8 Å². The van der Waals surface area contributed by atoms with Gasteiger partial charge in [0.25, 0.3) is 0 Å². The average molecular weight is 300 g/mol. The third-order valence-corrected chi connectivity index (χ3v) is 4.29. The first-order chi connectivity index (χ1) is 10.3. The zero-order valence-electron chi connectivity index (χ0n) is 12.0. The number of nitrogens with zero attached hydrogens (tertiary/aromatic N) is 4. The Kier molecular flexibility index (Phi) is 4.06. The first-order valence-corrected chi connectivity index (χ1v) is 7.65. The average Bonchev–Trinajstić information content (AvgIpc) is 2.91. The SMILES string of the molecule is COc1ccc(CCSc2ncnc3c2cnn3C)cc1. The van der Waals surface area contributed by atoms with Crippen molar-refractivity contribution in [3.8, 4) is 5.75 Å². The van der Waals surface area contributed by atoms with Gasteiger partial charge in [-0.1, -0.05) is 12.1 Å². The van der Waals surface area contributed by atoms with Crippen LogP contribution in [0.25, 0.3) is 11.0 Å². The van der Waals surface area contributed by atoms with Crippen LogP contribution in [-0.4, -0.2) is 32.6 Å². The number of aromatic nitrogens is 4. The molecule has 0 unspecified atom stereocenters. The Morgan fingerprint density at radius 3 is 2.76 bits per heavy atom. The number of hydrogen-bond acceptors (Lipinski definition) is 5. The Balaban J connectivity index is 1.66. The van der Waals surface area contributed by atoms with Gasteiger partial charge < -0.3 is 4.74 Å². The molecular weight excluding hydrogens is 284 g/mol. The summed E-state index contributed by atoms with van der Waals surface area (Å²) in [5.41, 5.74) is 2.16. The Bertz CT molecular complexity index is 739. The molecule has 5 nitrogen and oxygen atoms in total. The van der Waals surface area contributed by atoms with Crippen molar-refractivity contribution >= 4 is 22.8 Å². The van der Waals surface area contributed by atoms with E-state index in [1.165, 1.54) is 5.56 Å². The molecule has 1 aromatic carbocycles. The summed E-state index contributed by atoms with van der Waals surface area (Å²) in [6.45, 7) is 0. The molecule has 0 saturated heterocycles. The molecule has 0 saturated carbocycles. The maximum atomic E-state index is 5.16. The lowest BCUT2D eigenvalue weighted by Crippen LogP contribution is -1.94. The number of thioether (sulfide) groups is 1. The summed E-state index contributed by atoms with van der Waals surface area (Å²) in [6.07, 6.45) is 4.41. The Hall–Kier alpha value is -2.08. The molecule has 0 bridgehead atoms. The second-order valence-corrected chi connectivity index (χ2v) is 5.71. The summed E-state index contributed by atoms with van der Waals surface area (Å²) in [4.78, 5) is 8.61. The summed E-state index contributed by atoms with van der Waals surface area (Å²) in [5.74, 6) is 1.85. The molecule has 3 rings (SSSR count). The van der Waals surface area contributed by atoms with E-state index in [0.717, 1.165) is 34.0 Å². The second kappa shape index (κ2) is 6.13. The van der Waals surface area contributed by atoms with Crippen molar-refractivity contribution in [2.45, 2.75) is 11.4 Å². The van der Waals surface area contributed by atoms with Crippen LogP contribution in [0.4, 0.5) is 0 Å². The van der Waals surface area contributed by atoms with Crippen LogP contribution in [0.15, 0.2) is 41.8 Å². The Morgan fingerprint density at radius 1 is 1.19 bits per heavy atom. The lowest BCUT2D eigenvalue weighted by Gasteiger charge is -2.04. The van der Waals surface area contributed by atoms with Gasteiger partial charge in [0.2, 0.25) is 0 Å². The predicted octanol–water partition coefficient (Wildman–Crippen LogP) is 2.71. The number of rotatable bonds is 5. The normalized spacial score (nSPS) is 11.0. The van der Waals surface area contributed by atoms with E-state index >= 15 is 0 Å². The van der Waals surface area contributed by atoms with Crippen molar-refractivity contribution in [1.82, 2.24) is 19.7 Å². The van der Waals surface area contributed by atoms with E-state index < -0.39 is 0 Å². The van der Waals surface area contributed by atoms with E-state index in [2.05, 4.69) is 27.2 Å². The molecule has 6 heteroatoms. The standard InChI is InChI=1S/C15H16N4OS/c1-19-14-13(9-18-19)15(17-10-16-14)21-8-7-11-3-5-12(20-2)6-4-11/h3-6,9-10H,7-8H2,1-2H3. The lowest BCUT2D eigenvalue weighted by molar-refractivity contribution is 0.414. The summed E-state index contributed by atoms with van der Waals surface area (Å²) in [5, 5.41) is 6.23. The maximum absolute atomic E-state index is 5.16. The van der Waals surface area contributed by atoms with E-state index in [4.69, 9.17) is 4.74 Å². The number of benzene rings is 1. The van der Waals surface area contributed by atoms with Crippen LogP contribution in [0.1, 0.15) is 5.56 Å². The van der Waals surface area contributed by atoms with Crippen molar-refractivity contribution in [3.63, 3.8) is 0 Å². The molecule has 0 spiro atoms. The fraction of sp³-hybridized carbons (Fsp3) is 0.267. The zero-order valence-corrected chi connectivity index (χ0v) is 12.8. The minimum Gasteiger partial charge on any atom is -0.497 e. The van der Waals surface area contributed by atoms with Gasteiger partial charge in [-0.05, 0) is 24.1 Å². The van der Waals surface area contributed by atoms with Crippen molar-refractivity contribution in [2.24, 2.45) is 7.05 Å². The Morgan fingerprint density at radius 2 is 2.00 bits per heavy atom. The lowest BCUT2D eigenvalue weighted by atomic mass is 10.2. The van der Waals surface area contributed by atoms with Gasteiger partial charge in [0.1, 0.15) is 17.1 Å². The van der Waals surface area contributed by atoms with Crippen molar-refractivity contribution in [3.05, 3.63) is 42.4 Å². The molecule has 0 aliphatic carbocycles. The fourth-order valence-corrected chi connectivity index (χ4v) is 3.07. The van der Waals surface area contributed by atoms with Gasteiger partial charge in [-0.2, -0.15) is 5.10 Å². The topological polar surface area (TPSA) is 52.8 Å². The van der Waals surface area contributed by atoms with Gasteiger partial charge in [0.05, 0.1) is 18.7 Å². The van der Waals surface area contributed by atoms with Crippen LogP contribution in [0.3, 0.4) is 0 Å². The molecule has 108 valence electrons. The smallest absolute Gasteiger partial charge is 0.162 e. The van der Waals surface area contributed by atoms with E-state index in [1.54, 1.807) is 29.9 Å². The fourth-order valence-electron chi connectivity index (χ4n) is 2.11. The van der Waals surface area contributed by atoms with Gasteiger partial charge in [-0.15, -0.1) is 11.8 Å². The molecule has 0 atom stereocenters. The van der Waals surface area contributed by atoms with Gasteiger partial charge in [-0.25, -0.2) is 9.97 Å². The first kappa shape index (κ1) is 13.9. The highest BCUT2D eigenvalue weighted by atomic mass is 32.2. The van der Waals surface area contributed by atoms with Crippen LogP contribution in [-0.2, 0) is 13.5 Å². The molecular formula is C15H16N4OS. The highest BCUT2D eigenvalue weighted by Gasteiger charge is 2.08. The van der Waals surface area contributed by atoms with E-state index in [1.807, 2.05) is 25.4 Å². The van der Waals surface area contributed by atoms with Crippen LogP contribution in [0, 0.1) is 0 Å². The molecule has 0 amide bonds. The van der Waals surface area contributed by atoms with Crippen LogP contribution in [0.2, 0.25) is 0 Å². The molecule has 0 fully saturated rings. The van der Waals surface area contributed by atoms with E-state index in [9.17, 15) is 0 Å². The quantitative estimate of drug-likeness (QED) is 0.535. The third kappa shape index (κ3) is 3.00. The molecule has 0 aliphatic rings. The van der Waals surface area contributed by atoms with E-state index in [-0.39, 0.29) is 0 Å². The van der Waals surface area contributed by atoms with Gasteiger partial charge in [0.15, 0.2) is 5.65 Å². The molecule has 0 radical (unpaired) electrons. The minimum absolute atomic E-state index is 0.872. The maximum Gasteiger partial charge on any atom is 0.162 e. The number of aryl methyl sites for hydroxylation is 2. The highest BCUT2D eigenvalue weighted by Crippen LogP contribution is 2.24. The summed E-state index contributed by atoms with van der Waals surface area (Å²) in [6, 6.07) is 8.17. The largest absolute Gasteiger partial charge is 0.497 e. The van der Waals surface area contributed by atoms with Crippen molar-refractivity contribution in [2.75, 3.05) is 12.9 Å². The number of hydrogen-bond donors (Lipinski definition) is 0. The van der Waals surface area contributed by atoms with Gasteiger partial charge in [0, 0.05) is 12.8 Å². The molecule has 0 aliphatic heterocycles. The van der Waals surface area contributed by atoms with Gasteiger partial charge in [-0.3, -0.25) is 4.68 Å². The number of methoxy groups -OCH3 is 1. The van der Waals surface area contributed by atoms with Crippen molar-refractivity contribution < 1.29 is 4.74 Å². The number of ether oxygens (including phenoxy) is 1. The molecule has 0 N–H and O–H groups in total. The molecule has 3 aromatic rings. The molecule has 21 heavy (non-hydrogen) atoms. The highest BCUT2D eigenvalue weighted by molar-refractivity contribution is 7.99. The summed E-state index contributed by atoms with van der Waals surface area (Å²) >= 11 is 1.73. The third-order valence-electron chi connectivity index (χ3n) is 3.28. The van der Waals surface area contributed by atoms with Crippen molar-refractivity contribution in [1.29, 1.82) is 0 Å². The number of fused-ring (bicyclic) bond motifs is 1. The van der Waals surface area contributed by atoms with Gasteiger partial charge >= 0.3 is 0 Å². The molecule has 2 aromatic heterocycles. The van der Waals surface area contributed by atoms with E-state index in [0.29, 0.717) is 0 Å². The second-order valence-electron chi connectivity index (χ2n) is 4.63. The van der Waals surface area contributed by atoms with Crippen LogP contribution in [0.5, 0.6) is 5.75 Å². The Labute approximate surface area is 127 Å². The zero-order chi connectivity index (χ0) is 14.7. The molecule has 2 heterocycles. The summed E-state index contributed by atoms with van der Waals surface area (Å²) in [7, 11) is 3.57. The van der Waals surface area contributed by atoms with Crippen LogP contribution < -0.4 is 4.74 Å². The minimum atomic E-state index is 0.872.